The first-order valence-corrected chi connectivity index (χ1v) is 11.1. The van der Waals surface area contributed by atoms with Crippen molar-refractivity contribution in [2.45, 2.75) is 70.4 Å². The number of nitrogens with zero attached hydrogens (tertiary/aromatic N) is 2. The zero-order chi connectivity index (χ0) is 19.8. The van der Waals surface area contributed by atoms with Crippen LogP contribution in [0.25, 0.3) is 22.3 Å². The molecule has 2 aromatic heterocycles. The summed E-state index contributed by atoms with van der Waals surface area (Å²) in [5.74, 6) is 0. The maximum Gasteiger partial charge on any atom is 0.253 e. The van der Waals surface area contributed by atoms with Gasteiger partial charge in [0.1, 0.15) is 11.3 Å². The molecule has 152 valence electrons. The molecule has 0 aliphatic heterocycles. The van der Waals surface area contributed by atoms with E-state index in [1.807, 2.05) is 11.7 Å². The monoisotopic (exact) mass is 390 g/mol. The number of fused-ring (bicyclic) bond motifs is 3. The number of pyridine rings is 1. The lowest BCUT2D eigenvalue weighted by atomic mass is 9.89. The zero-order valence-corrected chi connectivity index (χ0v) is 17.3. The Morgan fingerprint density at radius 3 is 2.72 bits per heavy atom. The Labute approximate surface area is 171 Å². The second-order valence-electron chi connectivity index (χ2n) is 8.73. The van der Waals surface area contributed by atoms with E-state index in [1.54, 1.807) is 0 Å². The molecule has 0 saturated heterocycles. The van der Waals surface area contributed by atoms with Crippen molar-refractivity contribution in [3.63, 3.8) is 0 Å². The van der Waals surface area contributed by atoms with Gasteiger partial charge in [-0.3, -0.25) is 9.48 Å². The fourth-order valence-electron chi connectivity index (χ4n) is 5.17. The molecular weight excluding hydrogens is 360 g/mol. The van der Waals surface area contributed by atoms with Crippen molar-refractivity contribution in [2.24, 2.45) is 7.05 Å². The standard InChI is InChI=1S/C24H30N4O/c1-28-23-21(19-12-5-6-13-20(19)24(29)26-23)22(27-28)17-9-7-8-16(14-17)15-25-18-10-3-2-4-11-18/h7-9,14,18,25H,2-6,10-13,15H2,1H3,(H,26,29). The van der Waals surface area contributed by atoms with Crippen LogP contribution in [0.1, 0.15) is 61.6 Å². The van der Waals surface area contributed by atoms with Crippen LogP contribution in [0.4, 0.5) is 0 Å². The molecule has 0 amide bonds. The predicted molar refractivity (Wildman–Crippen MR) is 117 cm³/mol. The lowest BCUT2D eigenvalue weighted by Gasteiger charge is -2.23. The highest BCUT2D eigenvalue weighted by atomic mass is 16.1. The largest absolute Gasteiger partial charge is 0.310 e. The molecule has 2 N–H and O–H groups in total. The molecule has 5 heteroatoms. The van der Waals surface area contributed by atoms with E-state index in [2.05, 4.69) is 34.6 Å². The van der Waals surface area contributed by atoms with Gasteiger partial charge in [0.2, 0.25) is 0 Å². The summed E-state index contributed by atoms with van der Waals surface area (Å²) in [4.78, 5) is 15.7. The van der Waals surface area contributed by atoms with Gasteiger partial charge in [0.05, 0.1) is 0 Å². The Bertz CT molecular complexity index is 1090. The number of aromatic nitrogens is 3. The van der Waals surface area contributed by atoms with Crippen molar-refractivity contribution in [2.75, 3.05) is 0 Å². The Morgan fingerprint density at radius 1 is 1.10 bits per heavy atom. The van der Waals surface area contributed by atoms with Crippen LogP contribution in [0.5, 0.6) is 0 Å². The smallest absolute Gasteiger partial charge is 0.253 e. The third-order valence-corrected chi connectivity index (χ3v) is 6.72. The van der Waals surface area contributed by atoms with Crippen molar-refractivity contribution in [3.05, 3.63) is 51.3 Å². The zero-order valence-electron chi connectivity index (χ0n) is 17.3. The van der Waals surface area contributed by atoms with Gasteiger partial charge in [-0.25, -0.2) is 0 Å². The normalized spacial score (nSPS) is 17.6. The number of aromatic amines is 1. The highest BCUT2D eigenvalue weighted by Crippen LogP contribution is 2.33. The Hall–Kier alpha value is -2.40. The van der Waals surface area contributed by atoms with E-state index in [1.165, 1.54) is 43.2 Å². The number of benzene rings is 1. The predicted octanol–water partition coefficient (Wildman–Crippen LogP) is 4.23. The van der Waals surface area contributed by atoms with Crippen molar-refractivity contribution in [1.82, 2.24) is 20.1 Å². The Balaban J connectivity index is 1.51. The van der Waals surface area contributed by atoms with Gasteiger partial charge >= 0.3 is 0 Å². The van der Waals surface area contributed by atoms with Crippen LogP contribution in [0, 0.1) is 0 Å². The van der Waals surface area contributed by atoms with Gasteiger partial charge < -0.3 is 10.3 Å². The average Bonchev–Trinajstić information content (AvgIpc) is 3.10. The molecule has 1 saturated carbocycles. The average molecular weight is 391 g/mol. The van der Waals surface area contributed by atoms with Crippen LogP contribution in [-0.4, -0.2) is 20.8 Å². The van der Waals surface area contributed by atoms with Gasteiger partial charge in [0.25, 0.3) is 5.56 Å². The van der Waals surface area contributed by atoms with Crippen LogP contribution in [-0.2, 0) is 26.4 Å². The van der Waals surface area contributed by atoms with Crippen molar-refractivity contribution in [3.8, 4) is 11.3 Å². The molecular formula is C24H30N4O. The summed E-state index contributed by atoms with van der Waals surface area (Å²) in [5, 5.41) is 9.71. The van der Waals surface area contributed by atoms with Gasteiger partial charge in [-0.1, -0.05) is 37.5 Å². The number of rotatable bonds is 4. The summed E-state index contributed by atoms with van der Waals surface area (Å²) >= 11 is 0. The molecule has 0 unspecified atom stereocenters. The number of H-pyrrole nitrogens is 1. The minimum atomic E-state index is 0.0622. The molecule has 0 atom stereocenters. The van der Waals surface area contributed by atoms with Gasteiger partial charge in [-0.2, -0.15) is 5.10 Å². The molecule has 0 spiro atoms. The minimum Gasteiger partial charge on any atom is -0.310 e. The Kier molecular flexibility index (Phi) is 5.00. The topological polar surface area (TPSA) is 62.7 Å². The molecule has 5 nitrogen and oxygen atoms in total. The lowest BCUT2D eigenvalue weighted by Crippen LogP contribution is -2.30. The maximum atomic E-state index is 12.6. The summed E-state index contributed by atoms with van der Waals surface area (Å²) in [6.45, 7) is 0.901. The van der Waals surface area contributed by atoms with Gasteiger partial charge in [0.15, 0.2) is 0 Å². The van der Waals surface area contributed by atoms with Crippen LogP contribution in [0.2, 0.25) is 0 Å². The van der Waals surface area contributed by atoms with E-state index >= 15 is 0 Å². The third-order valence-electron chi connectivity index (χ3n) is 6.72. The van der Waals surface area contributed by atoms with Crippen molar-refractivity contribution < 1.29 is 0 Å². The highest BCUT2D eigenvalue weighted by Gasteiger charge is 2.22. The maximum absolute atomic E-state index is 12.6. The van der Waals surface area contributed by atoms with Crippen molar-refractivity contribution in [1.29, 1.82) is 0 Å². The molecule has 3 aromatic rings. The number of nitrogens with one attached hydrogen (secondary N) is 2. The fraction of sp³-hybridized carbons (Fsp3) is 0.500. The molecule has 5 rings (SSSR count). The first kappa shape index (κ1) is 18.6. The van der Waals surface area contributed by atoms with E-state index in [0.29, 0.717) is 6.04 Å². The summed E-state index contributed by atoms with van der Waals surface area (Å²) in [6, 6.07) is 9.39. The van der Waals surface area contributed by atoms with Crippen LogP contribution < -0.4 is 10.9 Å². The summed E-state index contributed by atoms with van der Waals surface area (Å²) in [5.41, 5.74) is 6.51. The van der Waals surface area contributed by atoms with Crippen LogP contribution in [0.15, 0.2) is 29.1 Å². The minimum absolute atomic E-state index is 0.0622. The molecule has 1 fully saturated rings. The first-order chi connectivity index (χ1) is 14.2. The number of hydrogen-bond donors (Lipinski definition) is 2. The fourth-order valence-corrected chi connectivity index (χ4v) is 5.17. The summed E-state index contributed by atoms with van der Waals surface area (Å²) < 4.78 is 1.83. The second kappa shape index (κ2) is 7.79. The summed E-state index contributed by atoms with van der Waals surface area (Å²) in [7, 11) is 1.92. The number of hydrogen-bond acceptors (Lipinski definition) is 3. The quantitative estimate of drug-likeness (QED) is 0.701. The molecule has 2 heterocycles. The van der Waals surface area contributed by atoms with Gasteiger partial charge in [-0.05, 0) is 55.7 Å². The van der Waals surface area contributed by atoms with Gasteiger partial charge in [0, 0.05) is 36.1 Å². The molecule has 0 radical (unpaired) electrons. The van der Waals surface area contributed by atoms with E-state index in [-0.39, 0.29) is 5.56 Å². The third kappa shape index (κ3) is 3.52. The molecule has 2 aliphatic rings. The van der Waals surface area contributed by atoms with E-state index in [0.717, 1.165) is 60.1 Å². The number of aryl methyl sites for hydroxylation is 2. The van der Waals surface area contributed by atoms with Gasteiger partial charge in [-0.15, -0.1) is 0 Å². The highest BCUT2D eigenvalue weighted by molar-refractivity contribution is 5.94. The molecule has 2 aliphatic carbocycles. The van der Waals surface area contributed by atoms with Crippen LogP contribution in [0.3, 0.4) is 0 Å². The molecule has 0 bridgehead atoms. The summed E-state index contributed by atoms with van der Waals surface area (Å²) in [6.07, 6.45) is 10.8. The molecule has 29 heavy (non-hydrogen) atoms. The Morgan fingerprint density at radius 2 is 1.90 bits per heavy atom. The van der Waals surface area contributed by atoms with E-state index in [9.17, 15) is 4.79 Å². The van der Waals surface area contributed by atoms with E-state index in [4.69, 9.17) is 5.10 Å². The lowest BCUT2D eigenvalue weighted by molar-refractivity contribution is 0.372. The molecule has 1 aromatic carbocycles. The van der Waals surface area contributed by atoms with E-state index < -0.39 is 0 Å². The second-order valence-corrected chi connectivity index (χ2v) is 8.73. The van der Waals surface area contributed by atoms with Crippen molar-refractivity contribution >= 4 is 11.0 Å². The van der Waals surface area contributed by atoms with Crippen LogP contribution >= 0.6 is 0 Å². The SMILES string of the molecule is Cn1nc(-c2cccc(CNC3CCCCC3)c2)c2c3c(c(=O)[nH]c21)CCCC3. The first-order valence-electron chi connectivity index (χ1n) is 11.1.